The van der Waals surface area contributed by atoms with E-state index in [-0.39, 0.29) is 11.4 Å². The fourth-order valence-electron chi connectivity index (χ4n) is 1.64. The molecule has 0 bridgehead atoms. The molecule has 0 amide bonds. The van der Waals surface area contributed by atoms with Crippen molar-refractivity contribution in [2.75, 3.05) is 7.11 Å². The van der Waals surface area contributed by atoms with Gasteiger partial charge in [-0.1, -0.05) is 20.8 Å². The van der Waals surface area contributed by atoms with Gasteiger partial charge in [-0.2, -0.15) is 0 Å². The molecule has 0 fully saturated rings. The number of hydrogen-bond donors (Lipinski definition) is 0. The lowest BCUT2D eigenvalue weighted by atomic mass is 9.93. The number of nitrogens with zero attached hydrogens (tertiary/aromatic N) is 2. The van der Waals surface area contributed by atoms with Crippen LogP contribution in [0, 0.1) is 0 Å². The number of pyridine rings is 1. The highest BCUT2D eigenvalue weighted by atomic mass is 16.5. The van der Waals surface area contributed by atoms with Gasteiger partial charge in [0, 0.05) is 17.8 Å². The third-order valence-electron chi connectivity index (χ3n) is 2.66. The molecule has 0 radical (unpaired) electrons. The molecule has 0 saturated heterocycles. The van der Waals surface area contributed by atoms with Crippen LogP contribution in [0.15, 0.2) is 24.5 Å². The molecular formula is C13H16N2O2. The first-order valence-electron chi connectivity index (χ1n) is 5.50. The van der Waals surface area contributed by atoms with Crippen molar-refractivity contribution in [3.8, 4) is 0 Å². The summed E-state index contributed by atoms with van der Waals surface area (Å²) < 4.78 is 6.60. The lowest BCUT2D eigenvalue weighted by Crippen LogP contribution is -2.11. The first kappa shape index (κ1) is 11.6. The average molecular weight is 232 g/mol. The van der Waals surface area contributed by atoms with Gasteiger partial charge in [-0.25, -0.2) is 9.78 Å². The van der Waals surface area contributed by atoms with Gasteiger partial charge in [0.05, 0.1) is 12.8 Å². The monoisotopic (exact) mass is 232 g/mol. The van der Waals surface area contributed by atoms with Crippen LogP contribution in [-0.4, -0.2) is 22.5 Å². The fourth-order valence-corrected chi connectivity index (χ4v) is 1.64. The van der Waals surface area contributed by atoms with Crippen LogP contribution in [0.5, 0.6) is 0 Å². The molecule has 0 aliphatic heterocycles. The number of carbonyl (C=O) groups excluding carboxylic acids is 1. The third kappa shape index (κ3) is 2.02. The Morgan fingerprint density at radius 2 is 2.12 bits per heavy atom. The van der Waals surface area contributed by atoms with Crippen molar-refractivity contribution in [3.05, 3.63) is 35.8 Å². The highest BCUT2D eigenvalue weighted by molar-refractivity contribution is 5.95. The second-order valence-corrected chi connectivity index (χ2v) is 5.02. The van der Waals surface area contributed by atoms with Crippen LogP contribution in [0.1, 0.15) is 36.8 Å². The number of aromatic nitrogens is 2. The van der Waals surface area contributed by atoms with E-state index < -0.39 is 0 Å². The molecule has 0 saturated carbocycles. The standard InChI is InChI=1S/C13H16N2O2/c1-13(2,3)10-8-15-7-5-6-9(11(15)14-10)12(16)17-4/h5-8H,1-4H3. The molecule has 0 aliphatic rings. The smallest absolute Gasteiger partial charge is 0.341 e. The highest BCUT2D eigenvalue weighted by Crippen LogP contribution is 2.22. The van der Waals surface area contributed by atoms with E-state index in [4.69, 9.17) is 4.74 Å². The summed E-state index contributed by atoms with van der Waals surface area (Å²) in [5.74, 6) is -0.360. The Labute approximate surface area is 100 Å². The Morgan fingerprint density at radius 3 is 2.71 bits per heavy atom. The van der Waals surface area contributed by atoms with Gasteiger partial charge in [0.2, 0.25) is 0 Å². The molecule has 0 aromatic carbocycles. The first-order valence-corrected chi connectivity index (χ1v) is 5.50. The predicted molar refractivity (Wildman–Crippen MR) is 65.2 cm³/mol. The Balaban J connectivity index is 2.65. The predicted octanol–water partition coefficient (Wildman–Crippen LogP) is 2.42. The summed E-state index contributed by atoms with van der Waals surface area (Å²) in [6, 6.07) is 3.54. The van der Waals surface area contributed by atoms with Crippen LogP contribution >= 0.6 is 0 Å². The van der Waals surface area contributed by atoms with Crippen LogP contribution in [0.4, 0.5) is 0 Å². The number of hydrogen-bond acceptors (Lipinski definition) is 3. The van der Waals surface area contributed by atoms with E-state index in [1.165, 1.54) is 7.11 Å². The van der Waals surface area contributed by atoms with Gasteiger partial charge in [-0.15, -0.1) is 0 Å². The average Bonchev–Trinajstić information content (AvgIpc) is 2.71. The number of fused-ring (bicyclic) bond motifs is 1. The zero-order valence-corrected chi connectivity index (χ0v) is 10.5. The number of ether oxygens (including phenoxy) is 1. The molecule has 90 valence electrons. The zero-order valence-electron chi connectivity index (χ0n) is 10.5. The first-order chi connectivity index (χ1) is 7.93. The van der Waals surface area contributed by atoms with Gasteiger partial charge < -0.3 is 9.14 Å². The maximum absolute atomic E-state index is 11.6. The summed E-state index contributed by atoms with van der Waals surface area (Å²) in [6.45, 7) is 6.27. The van der Waals surface area contributed by atoms with Gasteiger partial charge in [0.1, 0.15) is 5.56 Å². The van der Waals surface area contributed by atoms with Crippen molar-refractivity contribution in [1.82, 2.24) is 9.38 Å². The van der Waals surface area contributed by atoms with E-state index in [0.717, 1.165) is 5.69 Å². The molecule has 0 unspecified atom stereocenters. The van der Waals surface area contributed by atoms with E-state index in [9.17, 15) is 4.79 Å². The maximum atomic E-state index is 11.6. The van der Waals surface area contributed by atoms with Gasteiger partial charge in [0.15, 0.2) is 5.65 Å². The van der Waals surface area contributed by atoms with Crippen molar-refractivity contribution in [3.63, 3.8) is 0 Å². The Hall–Kier alpha value is -1.84. The van der Waals surface area contributed by atoms with Crippen molar-refractivity contribution >= 4 is 11.6 Å². The maximum Gasteiger partial charge on any atom is 0.341 e. The third-order valence-corrected chi connectivity index (χ3v) is 2.66. The van der Waals surface area contributed by atoms with Crippen LogP contribution in [0.3, 0.4) is 0 Å². The van der Waals surface area contributed by atoms with Crippen LogP contribution in [0.2, 0.25) is 0 Å². The number of carbonyl (C=O) groups is 1. The SMILES string of the molecule is COC(=O)c1cccn2cc(C(C)(C)C)nc12. The van der Waals surface area contributed by atoms with Crippen molar-refractivity contribution in [1.29, 1.82) is 0 Å². The molecule has 2 heterocycles. The second-order valence-electron chi connectivity index (χ2n) is 5.02. The summed E-state index contributed by atoms with van der Waals surface area (Å²) in [7, 11) is 1.37. The molecular weight excluding hydrogens is 216 g/mol. The molecule has 0 spiro atoms. The van der Waals surface area contributed by atoms with Gasteiger partial charge in [0.25, 0.3) is 0 Å². The Bertz CT molecular complexity index is 564. The Morgan fingerprint density at radius 1 is 1.41 bits per heavy atom. The Kier molecular flexibility index (Phi) is 2.65. The van der Waals surface area contributed by atoms with E-state index in [2.05, 4.69) is 25.8 Å². The van der Waals surface area contributed by atoms with E-state index in [1.807, 2.05) is 22.9 Å². The molecule has 2 aromatic heterocycles. The number of methoxy groups -OCH3 is 1. The minimum absolute atomic E-state index is 0.0423. The summed E-state index contributed by atoms with van der Waals surface area (Å²) in [5, 5.41) is 0. The molecule has 2 rings (SSSR count). The molecule has 4 heteroatoms. The molecule has 4 nitrogen and oxygen atoms in total. The molecule has 2 aromatic rings. The molecule has 0 atom stereocenters. The summed E-state index contributed by atoms with van der Waals surface area (Å²) in [6.07, 6.45) is 3.83. The molecule has 17 heavy (non-hydrogen) atoms. The number of esters is 1. The molecule has 0 N–H and O–H groups in total. The summed E-state index contributed by atoms with van der Waals surface area (Å²) in [4.78, 5) is 16.1. The summed E-state index contributed by atoms with van der Waals surface area (Å²) in [5.41, 5.74) is 2.04. The largest absolute Gasteiger partial charge is 0.465 e. The minimum Gasteiger partial charge on any atom is -0.465 e. The van der Waals surface area contributed by atoms with Crippen LogP contribution < -0.4 is 0 Å². The highest BCUT2D eigenvalue weighted by Gasteiger charge is 2.20. The van der Waals surface area contributed by atoms with Crippen LogP contribution in [0.25, 0.3) is 5.65 Å². The minimum atomic E-state index is -0.360. The van der Waals surface area contributed by atoms with Gasteiger partial charge in [-0.05, 0) is 12.1 Å². The van der Waals surface area contributed by atoms with E-state index in [0.29, 0.717) is 11.2 Å². The molecule has 0 aliphatic carbocycles. The van der Waals surface area contributed by atoms with Crippen LogP contribution in [-0.2, 0) is 10.2 Å². The lowest BCUT2D eigenvalue weighted by molar-refractivity contribution is 0.0602. The fraction of sp³-hybridized carbons (Fsp3) is 0.385. The number of imidazole rings is 1. The normalized spacial score (nSPS) is 11.8. The van der Waals surface area contributed by atoms with Gasteiger partial charge >= 0.3 is 5.97 Å². The zero-order chi connectivity index (χ0) is 12.6. The van der Waals surface area contributed by atoms with Crippen molar-refractivity contribution in [2.45, 2.75) is 26.2 Å². The second kappa shape index (κ2) is 3.87. The number of rotatable bonds is 1. The quantitative estimate of drug-likeness (QED) is 0.709. The van der Waals surface area contributed by atoms with E-state index >= 15 is 0 Å². The van der Waals surface area contributed by atoms with Crippen molar-refractivity contribution in [2.24, 2.45) is 0 Å². The lowest BCUT2D eigenvalue weighted by Gasteiger charge is -2.13. The summed E-state index contributed by atoms with van der Waals surface area (Å²) >= 11 is 0. The van der Waals surface area contributed by atoms with Crippen molar-refractivity contribution < 1.29 is 9.53 Å². The van der Waals surface area contributed by atoms with Gasteiger partial charge in [-0.3, -0.25) is 0 Å². The van der Waals surface area contributed by atoms with E-state index in [1.54, 1.807) is 6.07 Å². The topological polar surface area (TPSA) is 43.6 Å².